The highest BCUT2D eigenvalue weighted by atomic mass is 15.0. The second-order valence-electron chi connectivity index (χ2n) is 26.3. The molecular formula is C81H57N5. The van der Waals surface area contributed by atoms with Gasteiger partial charge in [-0.1, -0.05) is 175 Å². The second kappa shape index (κ2) is 16.6. The molecule has 12 aromatic carbocycles. The van der Waals surface area contributed by atoms with Crippen LogP contribution in [0, 0.1) is 0 Å². The number of nitrogens with zero attached hydrogens (tertiary/aromatic N) is 5. The summed E-state index contributed by atoms with van der Waals surface area (Å²) >= 11 is 0. The zero-order valence-electron chi connectivity index (χ0n) is 48.8. The van der Waals surface area contributed by atoms with Gasteiger partial charge in [0.1, 0.15) is 5.65 Å². The maximum Gasteiger partial charge on any atom is 0.146 e. The number of rotatable bonds is 4. The van der Waals surface area contributed by atoms with E-state index < -0.39 is 0 Å². The Hall–Kier alpha value is -10.5. The first-order valence-corrected chi connectivity index (χ1v) is 30.3. The van der Waals surface area contributed by atoms with Gasteiger partial charge in [-0.3, -0.25) is 4.40 Å². The maximum atomic E-state index is 6.20. The molecule has 0 aliphatic rings. The fourth-order valence-corrected chi connectivity index (χ4v) is 15.4. The summed E-state index contributed by atoms with van der Waals surface area (Å²) in [5.41, 5.74) is 22.3. The van der Waals surface area contributed by atoms with Gasteiger partial charge in [-0.25, -0.2) is 4.98 Å². The van der Waals surface area contributed by atoms with Gasteiger partial charge in [0.25, 0.3) is 0 Å². The van der Waals surface area contributed by atoms with Crippen molar-refractivity contribution in [1.29, 1.82) is 0 Å². The highest BCUT2D eigenvalue weighted by molar-refractivity contribution is 6.35. The molecule has 7 aromatic heterocycles. The van der Waals surface area contributed by atoms with Crippen LogP contribution in [0.3, 0.4) is 0 Å². The smallest absolute Gasteiger partial charge is 0.146 e. The molecule has 5 nitrogen and oxygen atoms in total. The van der Waals surface area contributed by atoms with Crippen LogP contribution < -0.4 is 0 Å². The normalized spacial score (nSPS) is 13.0. The lowest BCUT2D eigenvalue weighted by molar-refractivity contribution is 0.591. The summed E-state index contributed by atoms with van der Waals surface area (Å²) in [5, 5.41) is 18.4. The van der Waals surface area contributed by atoms with E-state index in [0.29, 0.717) is 0 Å². The van der Waals surface area contributed by atoms with E-state index in [1.54, 1.807) is 0 Å². The van der Waals surface area contributed by atoms with Crippen molar-refractivity contribution in [3.63, 3.8) is 0 Å². The second-order valence-corrected chi connectivity index (χ2v) is 26.3. The van der Waals surface area contributed by atoms with Crippen LogP contribution >= 0.6 is 0 Å². The molecule has 406 valence electrons. The lowest BCUT2D eigenvalue weighted by Crippen LogP contribution is -2.11. The molecule has 0 atom stereocenters. The summed E-state index contributed by atoms with van der Waals surface area (Å²) in [6, 6.07) is 89.1. The molecule has 0 radical (unpaired) electrons. The summed E-state index contributed by atoms with van der Waals surface area (Å²) in [4.78, 5) is 6.20. The van der Waals surface area contributed by atoms with Crippen molar-refractivity contribution in [3.05, 3.63) is 248 Å². The lowest BCUT2D eigenvalue weighted by Gasteiger charge is -2.22. The highest BCUT2D eigenvalue weighted by Crippen LogP contribution is 2.52. The minimum absolute atomic E-state index is 0.122. The van der Waals surface area contributed by atoms with Gasteiger partial charge < -0.3 is 13.5 Å². The molecule has 0 spiro atoms. The number of benzene rings is 12. The van der Waals surface area contributed by atoms with E-state index >= 15 is 0 Å². The number of para-hydroxylation sites is 4. The van der Waals surface area contributed by atoms with Crippen LogP contribution in [0.5, 0.6) is 0 Å². The largest absolute Gasteiger partial charge is 0.309 e. The van der Waals surface area contributed by atoms with Gasteiger partial charge >= 0.3 is 0 Å². The molecule has 0 unspecified atom stereocenters. The maximum absolute atomic E-state index is 6.20. The van der Waals surface area contributed by atoms with E-state index in [2.05, 4.69) is 296 Å². The lowest BCUT2D eigenvalue weighted by atomic mass is 9.83. The standard InChI is InChI=1S/C81H57N5/c1-80(2,3)50-41-58(48-33-35-69-59(37-48)56-29-17-19-31-67(56)83(69)52-23-9-7-10-24-52)75-63(42-50)64-43-51(81(4,5)6)44-65-66-45-71-74(82-79(66)86(75)76(64)65)73-55-28-16-14-22-47(55)39-62-61-38-46-21-13-15-27-54(46)72(77(61)85(71)78(62)73)49-34-36-70-60(40-49)57-30-18-20-32-68(57)84(70)53-25-11-8-12-26-53/h7-45H,1-6H3. The third-order valence-electron chi connectivity index (χ3n) is 19.4. The first-order chi connectivity index (χ1) is 41.9. The van der Waals surface area contributed by atoms with Crippen LogP contribution in [0.2, 0.25) is 0 Å². The third kappa shape index (κ3) is 6.31. The Kier molecular flexibility index (Phi) is 9.28. The van der Waals surface area contributed by atoms with Crippen molar-refractivity contribution >= 4 is 142 Å². The molecule has 0 aliphatic carbocycles. The van der Waals surface area contributed by atoms with Gasteiger partial charge in [-0.2, -0.15) is 0 Å². The Balaban J connectivity index is 0.966. The first kappa shape index (κ1) is 47.9. The van der Waals surface area contributed by atoms with E-state index in [1.165, 1.54) is 153 Å². The topological polar surface area (TPSA) is 31.6 Å². The SMILES string of the molecule is CC(C)(C)c1cc(-c2ccc3c(c2)c2ccccc2n3-c2ccccc2)c2c(c1)c1cc(C(C)(C)C)cc3c4cc5c(nc4n2c31)c1c2ccccc2cc2c3cc4ccccc4c(-c4ccc6c(c4)c4ccccc4n6-c4ccccc4)c3n5c21. The first-order valence-electron chi connectivity index (χ1n) is 30.3. The number of hydrogen-bond donors (Lipinski definition) is 0. The zero-order chi connectivity index (χ0) is 57.2. The fraction of sp³-hybridized carbons (Fsp3) is 0.0988. The van der Waals surface area contributed by atoms with Crippen LogP contribution in [0.15, 0.2) is 237 Å². The van der Waals surface area contributed by atoms with E-state index in [1.807, 2.05) is 0 Å². The molecule has 19 rings (SSSR count). The molecule has 0 bridgehead atoms. The Morgan fingerprint density at radius 2 is 0.767 bits per heavy atom. The van der Waals surface area contributed by atoms with Gasteiger partial charge in [0, 0.05) is 81.8 Å². The minimum atomic E-state index is -0.128. The van der Waals surface area contributed by atoms with Crippen molar-refractivity contribution in [1.82, 2.24) is 22.9 Å². The van der Waals surface area contributed by atoms with Gasteiger partial charge in [-0.05, 0) is 158 Å². The van der Waals surface area contributed by atoms with Gasteiger partial charge in [0.15, 0.2) is 0 Å². The van der Waals surface area contributed by atoms with Crippen molar-refractivity contribution in [3.8, 4) is 33.6 Å². The van der Waals surface area contributed by atoms with Crippen LogP contribution in [-0.4, -0.2) is 22.9 Å². The number of hydrogen-bond acceptors (Lipinski definition) is 1. The molecule has 0 amide bonds. The third-order valence-corrected chi connectivity index (χ3v) is 19.4. The fourth-order valence-electron chi connectivity index (χ4n) is 15.4. The molecule has 19 aromatic rings. The average molecular weight is 1100 g/mol. The average Bonchev–Trinajstić information content (AvgIpc) is 1.52. The number of aromatic nitrogens is 5. The molecule has 0 saturated carbocycles. The minimum Gasteiger partial charge on any atom is -0.309 e. The monoisotopic (exact) mass is 1100 g/mol. The van der Waals surface area contributed by atoms with Crippen molar-refractivity contribution in [2.75, 3.05) is 0 Å². The predicted molar refractivity (Wildman–Crippen MR) is 366 cm³/mol. The van der Waals surface area contributed by atoms with Crippen LogP contribution in [0.1, 0.15) is 52.7 Å². The molecule has 0 N–H and O–H groups in total. The molecule has 0 saturated heterocycles. The molecule has 86 heavy (non-hydrogen) atoms. The van der Waals surface area contributed by atoms with Crippen LogP contribution in [0.4, 0.5) is 0 Å². The molecule has 5 heteroatoms. The zero-order valence-corrected chi connectivity index (χ0v) is 48.8. The van der Waals surface area contributed by atoms with Gasteiger partial charge in [0.05, 0.1) is 55.2 Å². The van der Waals surface area contributed by atoms with Gasteiger partial charge in [-0.15, -0.1) is 0 Å². The quantitative estimate of drug-likeness (QED) is 0.173. The van der Waals surface area contributed by atoms with E-state index in [0.717, 1.165) is 33.4 Å². The molecule has 0 fully saturated rings. The summed E-state index contributed by atoms with van der Waals surface area (Å²) in [5.74, 6) is 0. The Morgan fingerprint density at radius 3 is 1.38 bits per heavy atom. The van der Waals surface area contributed by atoms with E-state index in [-0.39, 0.29) is 10.8 Å². The Morgan fingerprint density at radius 1 is 0.302 bits per heavy atom. The van der Waals surface area contributed by atoms with Crippen molar-refractivity contribution in [2.24, 2.45) is 0 Å². The van der Waals surface area contributed by atoms with Crippen molar-refractivity contribution in [2.45, 2.75) is 52.4 Å². The highest BCUT2D eigenvalue weighted by Gasteiger charge is 2.31. The Bertz CT molecular complexity index is 6130. The summed E-state index contributed by atoms with van der Waals surface area (Å²) in [7, 11) is 0. The number of fused-ring (bicyclic) bond motifs is 21. The summed E-state index contributed by atoms with van der Waals surface area (Å²) in [6.45, 7) is 14.1. The number of pyridine rings is 1. The van der Waals surface area contributed by atoms with Crippen LogP contribution in [0.25, 0.3) is 175 Å². The Labute approximate surface area is 495 Å². The summed E-state index contributed by atoms with van der Waals surface area (Å²) < 4.78 is 10.0. The van der Waals surface area contributed by atoms with E-state index in [4.69, 9.17) is 4.98 Å². The van der Waals surface area contributed by atoms with Crippen molar-refractivity contribution < 1.29 is 0 Å². The summed E-state index contributed by atoms with van der Waals surface area (Å²) in [6.07, 6.45) is 0. The van der Waals surface area contributed by atoms with Crippen LogP contribution in [-0.2, 0) is 10.8 Å². The molecule has 0 aliphatic heterocycles. The predicted octanol–water partition coefficient (Wildman–Crippen LogP) is 21.8. The van der Waals surface area contributed by atoms with E-state index in [9.17, 15) is 0 Å². The molecular weight excluding hydrogens is 1040 g/mol. The van der Waals surface area contributed by atoms with Gasteiger partial charge in [0.2, 0.25) is 0 Å². The molecule has 7 heterocycles.